The molecule has 0 aromatic heterocycles. The molecule has 0 aliphatic heterocycles. The number of carbonyl (C=O) groups is 2. The van der Waals surface area contributed by atoms with Crippen molar-refractivity contribution in [2.75, 3.05) is 12.4 Å². The van der Waals surface area contributed by atoms with Crippen molar-refractivity contribution >= 4 is 40.2 Å². The maximum Gasteiger partial charge on any atom is 0.340 e. The molecule has 1 N–H and O–H groups in total. The average molecular weight is 463 g/mol. The van der Waals surface area contributed by atoms with E-state index in [1.54, 1.807) is 12.1 Å². The molecule has 0 spiro atoms. The zero-order valence-corrected chi connectivity index (χ0v) is 16.9. The molecule has 1 aliphatic rings. The van der Waals surface area contributed by atoms with Crippen molar-refractivity contribution in [3.8, 4) is 0 Å². The number of benzene rings is 2. The Morgan fingerprint density at radius 2 is 1.73 bits per heavy atom. The van der Waals surface area contributed by atoms with Gasteiger partial charge in [0.15, 0.2) is 0 Å². The maximum absolute atomic E-state index is 12.6. The number of carbonyl (C=O) groups excluding carboxylic acids is 2. The Kier molecular flexibility index (Phi) is 6.29. The number of amides is 1. The van der Waals surface area contributed by atoms with Crippen LogP contribution in [-0.2, 0) is 4.74 Å². The number of rotatable bonds is 4. The highest BCUT2D eigenvalue weighted by atomic mass is 127. The summed E-state index contributed by atoms with van der Waals surface area (Å²) in [6, 6.07) is 13.1. The van der Waals surface area contributed by atoms with E-state index >= 15 is 0 Å². The molecule has 0 bridgehead atoms. The molecule has 1 amide bonds. The van der Waals surface area contributed by atoms with E-state index < -0.39 is 5.97 Å². The monoisotopic (exact) mass is 463 g/mol. The normalized spacial score (nSPS) is 14.7. The molecular weight excluding hydrogens is 441 g/mol. The van der Waals surface area contributed by atoms with Gasteiger partial charge in [0, 0.05) is 9.13 Å². The predicted molar refractivity (Wildman–Crippen MR) is 111 cm³/mol. The van der Waals surface area contributed by atoms with Gasteiger partial charge in [-0.1, -0.05) is 31.4 Å². The van der Waals surface area contributed by atoms with Crippen LogP contribution in [0.4, 0.5) is 5.69 Å². The van der Waals surface area contributed by atoms with E-state index in [1.807, 2.05) is 18.2 Å². The smallest absolute Gasteiger partial charge is 0.340 e. The largest absolute Gasteiger partial charge is 0.465 e. The third-order valence-corrected chi connectivity index (χ3v) is 5.56. The number of ether oxygens (including phenoxy) is 1. The van der Waals surface area contributed by atoms with E-state index in [9.17, 15) is 9.59 Å². The number of halogens is 1. The fraction of sp³-hybridized carbons (Fsp3) is 0.333. The highest BCUT2D eigenvalue weighted by molar-refractivity contribution is 14.1. The molecule has 2 aromatic carbocycles. The fourth-order valence-corrected chi connectivity index (χ4v) is 3.93. The van der Waals surface area contributed by atoms with Gasteiger partial charge in [-0.25, -0.2) is 4.79 Å². The van der Waals surface area contributed by atoms with Gasteiger partial charge in [-0.15, -0.1) is 0 Å². The third-order valence-electron chi connectivity index (χ3n) is 4.88. The molecule has 3 rings (SSSR count). The molecule has 0 heterocycles. The molecule has 0 unspecified atom stereocenters. The highest BCUT2D eigenvalue weighted by Gasteiger charge is 2.17. The van der Waals surface area contributed by atoms with E-state index in [4.69, 9.17) is 4.74 Å². The van der Waals surface area contributed by atoms with Crippen LogP contribution < -0.4 is 5.32 Å². The Morgan fingerprint density at radius 1 is 1.04 bits per heavy atom. The van der Waals surface area contributed by atoms with Gasteiger partial charge in [-0.2, -0.15) is 0 Å². The molecule has 5 heteroatoms. The van der Waals surface area contributed by atoms with Crippen molar-refractivity contribution in [3.05, 3.63) is 62.7 Å². The lowest BCUT2D eigenvalue weighted by molar-refractivity contribution is 0.0602. The highest BCUT2D eigenvalue weighted by Crippen LogP contribution is 2.32. The standard InChI is InChI=1S/C21H22INO3/c1-26-21(25)18-13-17(22)11-12-19(18)23-20(24)16-9-7-15(8-10-16)14-5-3-2-4-6-14/h7-14H,2-6H2,1H3,(H,23,24). The van der Waals surface area contributed by atoms with Crippen LogP contribution in [-0.4, -0.2) is 19.0 Å². The lowest BCUT2D eigenvalue weighted by atomic mass is 9.84. The van der Waals surface area contributed by atoms with Gasteiger partial charge >= 0.3 is 5.97 Å². The Balaban J connectivity index is 1.75. The molecular formula is C21H22INO3. The number of hydrogen-bond acceptors (Lipinski definition) is 3. The van der Waals surface area contributed by atoms with E-state index in [2.05, 4.69) is 40.0 Å². The van der Waals surface area contributed by atoms with Crippen molar-refractivity contribution in [1.82, 2.24) is 0 Å². The Bertz CT molecular complexity index is 795. The summed E-state index contributed by atoms with van der Waals surface area (Å²) in [5, 5.41) is 2.83. The molecule has 0 atom stereocenters. The minimum atomic E-state index is -0.466. The number of hydrogen-bond donors (Lipinski definition) is 1. The molecule has 1 saturated carbocycles. The lowest BCUT2D eigenvalue weighted by Gasteiger charge is -2.22. The van der Waals surface area contributed by atoms with Crippen molar-refractivity contribution in [1.29, 1.82) is 0 Å². The first-order valence-electron chi connectivity index (χ1n) is 8.87. The second kappa shape index (κ2) is 8.66. The summed E-state index contributed by atoms with van der Waals surface area (Å²) in [4.78, 5) is 24.5. The molecule has 0 saturated heterocycles. The molecule has 136 valence electrons. The Morgan fingerprint density at radius 3 is 2.38 bits per heavy atom. The van der Waals surface area contributed by atoms with Crippen LogP contribution in [0, 0.1) is 3.57 Å². The number of anilines is 1. The predicted octanol–water partition coefficient (Wildman–Crippen LogP) is 5.38. The summed E-state index contributed by atoms with van der Waals surface area (Å²) in [5.41, 5.74) is 2.70. The van der Waals surface area contributed by atoms with Gasteiger partial charge in [-0.05, 0) is 77.2 Å². The second-order valence-corrected chi connectivity index (χ2v) is 7.84. The van der Waals surface area contributed by atoms with Gasteiger partial charge < -0.3 is 10.1 Å². The van der Waals surface area contributed by atoms with E-state index in [0.29, 0.717) is 22.7 Å². The summed E-state index contributed by atoms with van der Waals surface area (Å²) in [6.07, 6.45) is 6.37. The zero-order valence-electron chi connectivity index (χ0n) is 14.8. The number of esters is 1. The molecule has 2 aromatic rings. The van der Waals surface area contributed by atoms with Crippen LogP contribution in [0.2, 0.25) is 0 Å². The summed E-state index contributed by atoms with van der Waals surface area (Å²) in [5.74, 6) is -0.0824. The van der Waals surface area contributed by atoms with E-state index in [0.717, 1.165) is 3.57 Å². The van der Waals surface area contributed by atoms with Crippen LogP contribution in [0.15, 0.2) is 42.5 Å². The fourth-order valence-electron chi connectivity index (χ4n) is 3.44. The summed E-state index contributed by atoms with van der Waals surface area (Å²) >= 11 is 2.12. The molecule has 0 radical (unpaired) electrons. The van der Waals surface area contributed by atoms with Gasteiger partial charge in [0.05, 0.1) is 18.4 Å². The lowest BCUT2D eigenvalue weighted by Crippen LogP contribution is -2.16. The molecule has 1 fully saturated rings. The van der Waals surface area contributed by atoms with Gasteiger partial charge in [0.1, 0.15) is 0 Å². The summed E-state index contributed by atoms with van der Waals surface area (Å²) in [6.45, 7) is 0. The quantitative estimate of drug-likeness (QED) is 0.490. The van der Waals surface area contributed by atoms with E-state index in [1.165, 1.54) is 44.8 Å². The van der Waals surface area contributed by atoms with E-state index in [-0.39, 0.29) is 5.91 Å². The first kappa shape index (κ1) is 18.9. The minimum Gasteiger partial charge on any atom is -0.465 e. The topological polar surface area (TPSA) is 55.4 Å². The van der Waals surface area contributed by atoms with Gasteiger partial charge in [0.2, 0.25) is 0 Å². The Labute approximate surface area is 167 Å². The van der Waals surface area contributed by atoms with Crippen molar-refractivity contribution in [2.24, 2.45) is 0 Å². The van der Waals surface area contributed by atoms with Crippen LogP contribution >= 0.6 is 22.6 Å². The van der Waals surface area contributed by atoms with Gasteiger partial charge in [-0.3, -0.25) is 4.79 Å². The average Bonchev–Trinajstić information content (AvgIpc) is 2.69. The SMILES string of the molecule is COC(=O)c1cc(I)ccc1NC(=O)c1ccc(C2CCCCC2)cc1. The van der Waals surface area contributed by atoms with Crippen LogP contribution in [0.1, 0.15) is 64.3 Å². The summed E-state index contributed by atoms with van der Waals surface area (Å²) < 4.78 is 5.71. The maximum atomic E-state index is 12.6. The van der Waals surface area contributed by atoms with Crippen LogP contribution in [0.25, 0.3) is 0 Å². The number of nitrogens with one attached hydrogen (secondary N) is 1. The van der Waals surface area contributed by atoms with Crippen LogP contribution in [0.3, 0.4) is 0 Å². The third kappa shape index (κ3) is 4.44. The molecule has 26 heavy (non-hydrogen) atoms. The Hall–Kier alpha value is -1.89. The minimum absolute atomic E-state index is 0.230. The van der Waals surface area contributed by atoms with Crippen molar-refractivity contribution < 1.29 is 14.3 Å². The van der Waals surface area contributed by atoms with Crippen molar-refractivity contribution in [2.45, 2.75) is 38.0 Å². The number of methoxy groups -OCH3 is 1. The van der Waals surface area contributed by atoms with Crippen LogP contribution in [0.5, 0.6) is 0 Å². The van der Waals surface area contributed by atoms with Gasteiger partial charge in [0.25, 0.3) is 5.91 Å². The molecule has 1 aliphatic carbocycles. The first-order chi connectivity index (χ1) is 12.6. The molecule has 4 nitrogen and oxygen atoms in total. The van der Waals surface area contributed by atoms with Crippen molar-refractivity contribution in [3.63, 3.8) is 0 Å². The summed E-state index contributed by atoms with van der Waals surface area (Å²) in [7, 11) is 1.33. The first-order valence-corrected chi connectivity index (χ1v) is 9.95. The zero-order chi connectivity index (χ0) is 18.5. The second-order valence-electron chi connectivity index (χ2n) is 6.59.